The Morgan fingerprint density at radius 2 is 2.07 bits per heavy atom. The van der Waals surface area contributed by atoms with Crippen molar-refractivity contribution in [2.45, 2.75) is 38.8 Å². The Morgan fingerprint density at radius 1 is 1.24 bits per heavy atom. The molecule has 0 radical (unpaired) electrons. The van der Waals surface area contributed by atoms with Crippen molar-refractivity contribution in [2.24, 2.45) is 4.99 Å². The molecule has 0 aliphatic carbocycles. The molecule has 1 aromatic heterocycles. The zero-order valence-electron chi connectivity index (χ0n) is 17.8. The van der Waals surface area contributed by atoms with Crippen LogP contribution in [-0.4, -0.2) is 55.7 Å². The van der Waals surface area contributed by atoms with Gasteiger partial charge in [-0.2, -0.15) is 0 Å². The maximum Gasteiger partial charge on any atom is 0.191 e. The number of aryl methyl sites for hydroxylation is 1. The molecule has 1 aromatic carbocycles. The number of nitrogens with zero attached hydrogens (tertiary/aromatic N) is 3. The first kappa shape index (κ1) is 21.1. The molecule has 2 aromatic rings. The Labute approximate surface area is 174 Å². The van der Waals surface area contributed by atoms with E-state index < -0.39 is 0 Å². The van der Waals surface area contributed by atoms with Gasteiger partial charge < -0.3 is 15.4 Å². The van der Waals surface area contributed by atoms with E-state index in [4.69, 9.17) is 4.74 Å². The Hall–Kier alpha value is -2.60. The summed E-state index contributed by atoms with van der Waals surface area (Å²) in [5.41, 5.74) is 3.57. The van der Waals surface area contributed by atoms with Gasteiger partial charge in [0.25, 0.3) is 0 Å². The number of rotatable bonds is 7. The Balaban J connectivity index is 1.39. The van der Waals surface area contributed by atoms with Crippen LogP contribution < -0.4 is 15.4 Å². The molecule has 1 aliphatic heterocycles. The number of benzene rings is 1. The van der Waals surface area contributed by atoms with Crippen molar-refractivity contribution >= 4 is 5.96 Å². The van der Waals surface area contributed by atoms with Crippen LogP contribution in [0.2, 0.25) is 0 Å². The van der Waals surface area contributed by atoms with Gasteiger partial charge in [-0.3, -0.25) is 14.9 Å². The number of piperidine rings is 1. The van der Waals surface area contributed by atoms with Gasteiger partial charge in [0.05, 0.1) is 12.8 Å². The first-order valence-corrected chi connectivity index (χ1v) is 10.4. The highest BCUT2D eigenvalue weighted by Crippen LogP contribution is 2.19. The first-order chi connectivity index (χ1) is 14.2. The van der Waals surface area contributed by atoms with E-state index in [9.17, 15) is 0 Å². The average molecular weight is 396 g/mol. The number of hydrogen-bond acceptors (Lipinski definition) is 4. The van der Waals surface area contributed by atoms with Crippen LogP contribution in [0.5, 0.6) is 5.75 Å². The van der Waals surface area contributed by atoms with Gasteiger partial charge in [-0.15, -0.1) is 0 Å². The van der Waals surface area contributed by atoms with Gasteiger partial charge in [0.15, 0.2) is 5.96 Å². The number of aliphatic imine (C=N–C) groups is 1. The molecule has 3 rings (SSSR count). The van der Waals surface area contributed by atoms with Gasteiger partial charge >= 0.3 is 0 Å². The van der Waals surface area contributed by atoms with Crippen LogP contribution in [0.1, 0.15) is 29.7 Å². The molecule has 1 fully saturated rings. The van der Waals surface area contributed by atoms with Gasteiger partial charge in [0.2, 0.25) is 0 Å². The standard InChI is InChI=1S/C23H33N5O/c1-18-7-8-19(16-22(18)29-3)9-13-26-23(24-2)27-20-10-14-28(15-11-20)17-21-6-4-5-12-25-21/h4-8,12,16,20H,9-11,13-15,17H2,1-3H3,(H2,24,26,27). The minimum Gasteiger partial charge on any atom is -0.496 e. The lowest BCUT2D eigenvalue weighted by Gasteiger charge is -2.32. The van der Waals surface area contributed by atoms with Crippen LogP contribution in [0.15, 0.2) is 47.6 Å². The van der Waals surface area contributed by atoms with Gasteiger partial charge in [-0.25, -0.2) is 0 Å². The summed E-state index contributed by atoms with van der Waals surface area (Å²) in [6, 6.07) is 13.0. The molecule has 2 N–H and O–H groups in total. The topological polar surface area (TPSA) is 61.8 Å². The zero-order chi connectivity index (χ0) is 20.5. The number of methoxy groups -OCH3 is 1. The molecule has 0 spiro atoms. The summed E-state index contributed by atoms with van der Waals surface area (Å²) in [6.45, 7) is 5.99. The monoisotopic (exact) mass is 395 g/mol. The summed E-state index contributed by atoms with van der Waals surface area (Å²) in [7, 11) is 3.55. The van der Waals surface area contributed by atoms with Gasteiger partial charge in [-0.05, 0) is 55.5 Å². The van der Waals surface area contributed by atoms with Crippen LogP contribution in [0.4, 0.5) is 0 Å². The van der Waals surface area contributed by atoms with Crippen molar-refractivity contribution in [3.8, 4) is 5.75 Å². The van der Waals surface area contributed by atoms with Crippen LogP contribution >= 0.6 is 0 Å². The highest BCUT2D eigenvalue weighted by molar-refractivity contribution is 5.79. The van der Waals surface area contributed by atoms with Crippen molar-refractivity contribution in [3.63, 3.8) is 0 Å². The molecule has 2 heterocycles. The van der Waals surface area contributed by atoms with Crippen molar-refractivity contribution < 1.29 is 4.74 Å². The Bertz CT molecular complexity index is 785. The third-order valence-corrected chi connectivity index (χ3v) is 5.44. The summed E-state index contributed by atoms with van der Waals surface area (Å²) in [4.78, 5) is 11.3. The second kappa shape index (κ2) is 10.8. The number of hydrogen-bond donors (Lipinski definition) is 2. The molecular weight excluding hydrogens is 362 g/mol. The molecule has 0 atom stereocenters. The summed E-state index contributed by atoms with van der Waals surface area (Å²) < 4.78 is 5.42. The van der Waals surface area contributed by atoms with Gasteiger partial charge in [-0.1, -0.05) is 18.2 Å². The van der Waals surface area contributed by atoms with E-state index in [0.29, 0.717) is 6.04 Å². The molecule has 6 heteroatoms. The van der Waals surface area contributed by atoms with E-state index in [1.54, 1.807) is 7.11 Å². The summed E-state index contributed by atoms with van der Waals surface area (Å²) >= 11 is 0. The van der Waals surface area contributed by atoms with E-state index in [2.05, 4.69) is 62.8 Å². The highest BCUT2D eigenvalue weighted by atomic mass is 16.5. The van der Waals surface area contributed by atoms with E-state index in [1.165, 1.54) is 5.56 Å². The van der Waals surface area contributed by atoms with E-state index in [0.717, 1.165) is 68.4 Å². The van der Waals surface area contributed by atoms with Crippen molar-refractivity contribution in [2.75, 3.05) is 33.8 Å². The number of likely N-dealkylation sites (tertiary alicyclic amines) is 1. The van der Waals surface area contributed by atoms with Crippen LogP contribution in [0.3, 0.4) is 0 Å². The SMILES string of the molecule is CN=C(NCCc1ccc(C)c(OC)c1)NC1CCN(Cc2ccccn2)CC1. The molecule has 156 valence electrons. The second-order valence-corrected chi connectivity index (χ2v) is 7.57. The van der Waals surface area contributed by atoms with Crippen LogP contribution in [0.25, 0.3) is 0 Å². The van der Waals surface area contributed by atoms with Crippen molar-refractivity contribution in [3.05, 3.63) is 59.4 Å². The van der Waals surface area contributed by atoms with Crippen molar-refractivity contribution in [1.82, 2.24) is 20.5 Å². The normalized spacial score (nSPS) is 15.9. The quantitative estimate of drug-likeness (QED) is 0.558. The fourth-order valence-electron chi connectivity index (χ4n) is 3.69. The Kier molecular flexibility index (Phi) is 7.87. The maximum atomic E-state index is 5.42. The average Bonchev–Trinajstić information content (AvgIpc) is 2.76. The fraction of sp³-hybridized carbons (Fsp3) is 0.478. The predicted molar refractivity (Wildman–Crippen MR) is 118 cm³/mol. The molecule has 0 amide bonds. The number of guanidine groups is 1. The smallest absolute Gasteiger partial charge is 0.191 e. The van der Waals surface area contributed by atoms with Crippen molar-refractivity contribution in [1.29, 1.82) is 0 Å². The fourth-order valence-corrected chi connectivity index (χ4v) is 3.69. The summed E-state index contributed by atoms with van der Waals surface area (Å²) in [5.74, 6) is 1.83. The minimum absolute atomic E-state index is 0.459. The predicted octanol–water partition coefficient (Wildman–Crippen LogP) is 2.77. The lowest BCUT2D eigenvalue weighted by atomic mass is 10.0. The first-order valence-electron chi connectivity index (χ1n) is 10.4. The molecule has 0 unspecified atom stereocenters. The third kappa shape index (κ3) is 6.46. The lowest BCUT2D eigenvalue weighted by molar-refractivity contribution is 0.196. The molecule has 1 saturated heterocycles. The van der Waals surface area contributed by atoms with E-state index in [-0.39, 0.29) is 0 Å². The lowest BCUT2D eigenvalue weighted by Crippen LogP contribution is -2.48. The van der Waals surface area contributed by atoms with Crippen LogP contribution in [-0.2, 0) is 13.0 Å². The molecule has 0 saturated carbocycles. The number of ether oxygens (including phenoxy) is 1. The van der Waals surface area contributed by atoms with Gasteiger partial charge in [0.1, 0.15) is 5.75 Å². The molecule has 0 bridgehead atoms. The number of pyridine rings is 1. The zero-order valence-corrected chi connectivity index (χ0v) is 17.8. The van der Waals surface area contributed by atoms with E-state index in [1.807, 2.05) is 19.3 Å². The minimum atomic E-state index is 0.459. The molecule has 29 heavy (non-hydrogen) atoms. The molecule has 1 aliphatic rings. The van der Waals surface area contributed by atoms with Gasteiger partial charge in [0, 0.05) is 45.5 Å². The largest absolute Gasteiger partial charge is 0.496 e. The highest BCUT2D eigenvalue weighted by Gasteiger charge is 2.20. The Morgan fingerprint density at radius 3 is 2.76 bits per heavy atom. The molecular formula is C23H33N5O. The summed E-state index contributed by atoms with van der Waals surface area (Å²) in [5, 5.41) is 7.02. The third-order valence-electron chi connectivity index (χ3n) is 5.44. The summed E-state index contributed by atoms with van der Waals surface area (Å²) in [6.07, 6.45) is 5.03. The maximum absolute atomic E-state index is 5.42. The number of aromatic nitrogens is 1. The molecule has 6 nitrogen and oxygen atoms in total. The number of nitrogens with one attached hydrogen (secondary N) is 2. The second-order valence-electron chi connectivity index (χ2n) is 7.57. The van der Waals surface area contributed by atoms with E-state index >= 15 is 0 Å². The van der Waals surface area contributed by atoms with Crippen LogP contribution in [0, 0.1) is 6.92 Å².